The van der Waals surface area contributed by atoms with Crippen molar-refractivity contribution in [1.82, 2.24) is 0 Å². The van der Waals surface area contributed by atoms with E-state index in [1.165, 1.54) is 18.2 Å². The van der Waals surface area contributed by atoms with Gasteiger partial charge in [0.15, 0.2) is 11.5 Å². The molecule has 7 nitrogen and oxygen atoms in total. The summed E-state index contributed by atoms with van der Waals surface area (Å²) in [6.45, 7) is 0. The molecule has 0 radical (unpaired) electrons. The first-order chi connectivity index (χ1) is 8.60. The van der Waals surface area contributed by atoms with Gasteiger partial charge in [0.05, 0.1) is 14.2 Å². The molecule has 0 atom stereocenters. The third kappa shape index (κ3) is 3.48. The van der Waals surface area contributed by atoms with Crippen molar-refractivity contribution in [2.24, 2.45) is 0 Å². The number of hydrogen-bond acceptors (Lipinski definition) is 7. The zero-order valence-electron chi connectivity index (χ0n) is 9.67. The van der Waals surface area contributed by atoms with Gasteiger partial charge in [0.1, 0.15) is 6.29 Å². The Bertz CT molecular complexity index is 466. The van der Waals surface area contributed by atoms with Gasteiger partial charge < -0.3 is 18.9 Å². The summed E-state index contributed by atoms with van der Waals surface area (Å²) in [4.78, 5) is 32.5. The van der Waals surface area contributed by atoms with Crippen LogP contribution < -0.4 is 9.47 Å². The van der Waals surface area contributed by atoms with Crippen molar-refractivity contribution in [3.05, 3.63) is 23.8 Å². The highest BCUT2D eigenvalue weighted by molar-refractivity contribution is 5.78. The van der Waals surface area contributed by atoms with Gasteiger partial charge in [-0.25, -0.2) is 9.59 Å². The molecule has 0 aliphatic heterocycles. The molecule has 0 bridgehead atoms. The minimum Gasteiger partial charge on any atom is -0.437 e. The fourth-order valence-corrected chi connectivity index (χ4v) is 1.02. The number of methoxy groups -OCH3 is 2. The van der Waals surface area contributed by atoms with Crippen LogP contribution in [0.2, 0.25) is 0 Å². The first-order valence-corrected chi connectivity index (χ1v) is 4.71. The summed E-state index contributed by atoms with van der Waals surface area (Å²) in [5, 5.41) is 0. The van der Waals surface area contributed by atoms with E-state index in [9.17, 15) is 14.4 Å². The van der Waals surface area contributed by atoms with Crippen LogP contribution in [0.1, 0.15) is 10.4 Å². The second kappa shape index (κ2) is 6.24. The molecule has 0 amide bonds. The van der Waals surface area contributed by atoms with Crippen LogP contribution in [-0.4, -0.2) is 32.8 Å². The number of carbonyl (C=O) groups is 3. The van der Waals surface area contributed by atoms with E-state index < -0.39 is 12.3 Å². The van der Waals surface area contributed by atoms with Crippen molar-refractivity contribution in [2.45, 2.75) is 0 Å². The highest BCUT2D eigenvalue weighted by Crippen LogP contribution is 2.28. The topological polar surface area (TPSA) is 88.1 Å². The SMILES string of the molecule is COC(=O)Oc1ccc(C=O)cc1OC(=O)OC. The lowest BCUT2D eigenvalue weighted by Gasteiger charge is -2.09. The predicted molar refractivity (Wildman–Crippen MR) is 57.9 cm³/mol. The van der Waals surface area contributed by atoms with Gasteiger partial charge >= 0.3 is 12.3 Å². The van der Waals surface area contributed by atoms with Crippen LogP contribution in [0.15, 0.2) is 18.2 Å². The van der Waals surface area contributed by atoms with Crippen molar-refractivity contribution >= 4 is 18.6 Å². The molecular formula is C11H10O7. The molecular weight excluding hydrogens is 244 g/mol. The van der Waals surface area contributed by atoms with Gasteiger partial charge in [-0.1, -0.05) is 0 Å². The smallest absolute Gasteiger partial charge is 0.437 e. The van der Waals surface area contributed by atoms with Gasteiger partial charge in [0.2, 0.25) is 0 Å². The highest BCUT2D eigenvalue weighted by Gasteiger charge is 2.14. The van der Waals surface area contributed by atoms with E-state index in [4.69, 9.17) is 9.47 Å². The maximum Gasteiger partial charge on any atom is 0.513 e. The molecule has 0 heterocycles. The average molecular weight is 254 g/mol. The zero-order valence-corrected chi connectivity index (χ0v) is 9.67. The molecule has 96 valence electrons. The maximum atomic E-state index is 11.0. The van der Waals surface area contributed by atoms with Gasteiger partial charge in [0, 0.05) is 5.56 Å². The van der Waals surface area contributed by atoms with Crippen LogP contribution >= 0.6 is 0 Å². The first kappa shape index (κ1) is 13.5. The summed E-state index contributed by atoms with van der Waals surface area (Å²) < 4.78 is 18.0. The number of hydrogen-bond donors (Lipinski definition) is 0. The second-order valence-corrected chi connectivity index (χ2v) is 2.94. The summed E-state index contributed by atoms with van der Waals surface area (Å²) in [6, 6.07) is 3.90. The molecule has 0 N–H and O–H groups in total. The Hall–Kier alpha value is -2.57. The van der Waals surface area contributed by atoms with Gasteiger partial charge in [-0.05, 0) is 18.2 Å². The monoisotopic (exact) mass is 254 g/mol. The predicted octanol–water partition coefficient (Wildman–Crippen LogP) is 1.79. The highest BCUT2D eigenvalue weighted by atomic mass is 16.7. The molecule has 0 aliphatic carbocycles. The molecule has 0 spiro atoms. The van der Waals surface area contributed by atoms with E-state index in [0.717, 1.165) is 14.2 Å². The molecule has 0 saturated carbocycles. The number of rotatable bonds is 3. The molecule has 0 aliphatic rings. The minimum absolute atomic E-state index is 0.0714. The summed E-state index contributed by atoms with van der Waals surface area (Å²) in [6.07, 6.45) is -1.44. The largest absolute Gasteiger partial charge is 0.513 e. The van der Waals surface area contributed by atoms with Gasteiger partial charge in [-0.3, -0.25) is 4.79 Å². The van der Waals surface area contributed by atoms with E-state index >= 15 is 0 Å². The number of aldehydes is 1. The summed E-state index contributed by atoms with van der Waals surface area (Å²) in [5.41, 5.74) is 0.242. The Kier molecular flexibility index (Phi) is 4.67. The van der Waals surface area contributed by atoms with Gasteiger partial charge in [-0.15, -0.1) is 0 Å². The van der Waals surface area contributed by atoms with Gasteiger partial charge in [0.25, 0.3) is 0 Å². The van der Waals surface area contributed by atoms with Crippen LogP contribution in [0.4, 0.5) is 9.59 Å². The standard InChI is InChI=1S/C11H10O7/c1-15-10(13)17-8-4-3-7(6-12)5-9(8)18-11(14)16-2/h3-6H,1-2H3. The van der Waals surface area contributed by atoms with Crippen molar-refractivity contribution in [1.29, 1.82) is 0 Å². The van der Waals surface area contributed by atoms with Crippen molar-refractivity contribution < 1.29 is 33.3 Å². The Morgan fingerprint density at radius 3 is 2.06 bits per heavy atom. The fraction of sp³-hybridized carbons (Fsp3) is 0.182. The van der Waals surface area contributed by atoms with E-state index in [2.05, 4.69) is 9.47 Å². The molecule has 1 aromatic rings. The lowest BCUT2D eigenvalue weighted by Crippen LogP contribution is -2.12. The molecule has 0 fully saturated rings. The van der Waals surface area contributed by atoms with Crippen LogP contribution in [0.25, 0.3) is 0 Å². The van der Waals surface area contributed by atoms with Crippen LogP contribution in [-0.2, 0) is 9.47 Å². The van der Waals surface area contributed by atoms with Crippen LogP contribution in [0.5, 0.6) is 11.5 Å². The zero-order chi connectivity index (χ0) is 13.5. The molecule has 1 aromatic carbocycles. The second-order valence-electron chi connectivity index (χ2n) is 2.94. The van der Waals surface area contributed by atoms with Gasteiger partial charge in [-0.2, -0.15) is 0 Å². The molecule has 18 heavy (non-hydrogen) atoms. The Labute approximate surface area is 102 Å². The Morgan fingerprint density at radius 2 is 1.56 bits per heavy atom. The minimum atomic E-state index is -1.01. The average Bonchev–Trinajstić information content (AvgIpc) is 2.40. The summed E-state index contributed by atoms with van der Waals surface area (Å²) in [7, 11) is 2.25. The fourth-order valence-electron chi connectivity index (χ4n) is 1.02. The first-order valence-electron chi connectivity index (χ1n) is 4.71. The van der Waals surface area contributed by atoms with Crippen LogP contribution in [0.3, 0.4) is 0 Å². The molecule has 7 heteroatoms. The Morgan fingerprint density at radius 1 is 1.00 bits per heavy atom. The molecule has 0 unspecified atom stereocenters. The Balaban J connectivity index is 3.03. The lowest BCUT2D eigenvalue weighted by atomic mass is 10.2. The van der Waals surface area contributed by atoms with Crippen molar-refractivity contribution in [3.8, 4) is 11.5 Å². The number of carbonyl (C=O) groups excluding carboxylic acids is 3. The van der Waals surface area contributed by atoms with E-state index in [1.807, 2.05) is 0 Å². The normalized spacial score (nSPS) is 9.22. The summed E-state index contributed by atoms with van der Waals surface area (Å²) in [5.74, 6) is -0.199. The number of benzene rings is 1. The van der Waals surface area contributed by atoms with Crippen LogP contribution in [0, 0.1) is 0 Å². The third-order valence-electron chi connectivity index (χ3n) is 1.82. The molecule has 0 saturated heterocycles. The lowest BCUT2D eigenvalue weighted by molar-refractivity contribution is 0.110. The number of ether oxygens (including phenoxy) is 4. The third-order valence-corrected chi connectivity index (χ3v) is 1.82. The van der Waals surface area contributed by atoms with E-state index in [0.29, 0.717) is 6.29 Å². The van der Waals surface area contributed by atoms with Crippen molar-refractivity contribution in [2.75, 3.05) is 14.2 Å². The quantitative estimate of drug-likeness (QED) is 0.461. The molecule has 1 rings (SSSR count). The maximum absolute atomic E-state index is 11.0. The summed E-state index contributed by atoms with van der Waals surface area (Å²) >= 11 is 0. The van der Waals surface area contributed by atoms with Crippen molar-refractivity contribution in [3.63, 3.8) is 0 Å². The van der Waals surface area contributed by atoms with E-state index in [-0.39, 0.29) is 17.1 Å². The van der Waals surface area contributed by atoms with E-state index in [1.54, 1.807) is 0 Å². The molecule has 0 aromatic heterocycles.